The van der Waals surface area contributed by atoms with E-state index in [1.807, 2.05) is 78.9 Å². The molecule has 5 rings (SSSR count). The highest BCUT2D eigenvalue weighted by molar-refractivity contribution is 6.35. The molecular weight excluding hydrogens is 310 g/mol. The van der Waals surface area contributed by atoms with E-state index >= 15 is 0 Å². The third-order valence-corrected chi connectivity index (χ3v) is 4.72. The number of anilines is 1. The number of imide groups is 1. The molecule has 3 heteroatoms. The number of rotatable bonds is 1. The molecule has 0 fully saturated rings. The van der Waals surface area contributed by atoms with Gasteiger partial charge >= 0.3 is 0 Å². The molecule has 2 aliphatic carbocycles. The monoisotopic (exact) mass is 323 g/mol. The number of carbonyl (C=O) groups is 2. The predicted molar refractivity (Wildman–Crippen MR) is 98.2 cm³/mol. The lowest BCUT2D eigenvalue weighted by molar-refractivity contribution is 0.0926. The summed E-state index contributed by atoms with van der Waals surface area (Å²) in [6, 6.07) is 25.0. The van der Waals surface area contributed by atoms with E-state index in [2.05, 4.69) is 0 Å². The van der Waals surface area contributed by atoms with Crippen molar-refractivity contribution in [3.05, 3.63) is 90.0 Å². The minimum absolute atomic E-state index is 0.259. The van der Waals surface area contributed by atoms with Crippen molar-refractivity contribution in [2.24, 2.45) is 0 Å². The minimum atomic E-state index is -0.259. The summed E-state index contributed by atoms with van der Waals surface area (Å²) in [5.41, 5.74) is 3.57. The fourth-order valence-electron chi connectivity index (χ4n) is 3.49. The molecule has 0 unspecified atom stereocenters. The SMILES string of the molecule is O=C1c2cc3ccccc3cc2C(=O)N1c1cc2cccccc-2c1. The van der Waals surface area contributed by atoms with Crippen LogP contribution in [0.2, 0.25) is 0 Å². The van der Waals surface area contributed by atoms with Crippen LogP contribution in [-0.4, -0.2) is 11.8 Å². The second kappa shape index (κ2) is 5.02. The molecule has 0 aromatic heterocycles. The quantitative estimate of drug-likeness (QED) is 0.474. The van der Waals surface area contributed by atoms with Crippen molar-refractivity contribution in [1.82, 2.24) is 0 Å². The van der Waals surface area contributed by atoms with E-state index in [4.69, 9.17) is 0 Å². The Balaban J connectivity index is 1.68. The van der Waals surface area contributed by atoms with E-state index in [-0.39, 0.29) is 11.8 Å². The molecule has 25 heavy (non-hydrogen) atoms. The predicted octanol–water partition coefficient (Wildman–Crippen LogP) is 4.75. The Morgan fingerprint density at radius 2 is 1.04 bits per heavy atom. The fraction of sp³-hybridized carbons (Fsp3) is 0. The second-order valence-corrected chi connectivity index (χ2v) is 6.23. The lowest BCUT2D eigenvalue weighted by Gasteiger charge is -2.11. The maximum Gasteiger partial charge on any atom is 0.266 e. The molecule has 0 bridgehead atoms. The molecule has 0 spiro atoms. The Morgan fingerprint density at radius 1 is 0.560 bits per heavy atom. The van der Waals surface area contributed by atoms with Crippen LogP contribution in [0.1, 0.15) is 20.7 Å². The van der Waals surface area contributed by atoms with Crippen LogP contribution < -0.4 is 4.90 Å². The highest BCUT2D eigenvalue weighted by Crippen LogP contribution is 2.36. The lowest BCUT2D eigenvalue weighted by Crippen LogP contribution is -2.28. The van der Waals surface area contributed by atoms with Crippen LogP contribution in [0, 0.1) is 0 Å². The molecule has 2 aromatic carbocycles. The largest absolute Gasteiger partial charge is 0.268 e. The van der Waals surface area contributed by atoms with Gasteiger partial charge in [-0.1, -0.05) is 54.6 Å². The summed E-state index contributed by atoms with van der Waals surface area (Å²) in [6.45, 7) is 0. The highest BCUT2D eigenvalue weighted by atomic mass is 16.2. The van der Waals surface area contributed by atoms with Gasteiger partial charge in [0.1, 0.15) is 0 Å². The summed E-state index contributed by atoms with van der Waals surface area (Å²) >= 11 is 0. The summed E-state index contributed by atoms with van der Waals surface area (Å²) in [7, 11) is 0. The lowest BCUT2D eigenvalue weighted by atomic mass is 10.0. The first kappa shape index (κ1) is 13.9. The van der Waals surface area contributed by atoms with E-state index in [0.717, 1.165) is 21.9 Å². The van der Waals surface area contributed by atoms with E-state index in [0.29, 0.717) is 16.8 Å². The topological polar surface area (TPSA) is 37.4 Å². The molecule has 0 radical (unpaired) electrons. The van der Waals surface area contributed by atoms with Gasteiger partial charge < -0.3 is 0 Å². The van der Waals surface area contributed by atoms with Gasteiger partial charge in [0.15, 0.2) is 0 Å². The van der Waals surface area contributed by atoms with Gasteiger partial charge in [-0.05, 0) is 46.2 Å². The summed E-state index contributed by atoms with van der Waals surface area (Å²) in [4.78, 5) is 27.1. The zero-order valence-electron chi connectivity index (χ0n) is 13.3. The van der Waals surface area contributed by atoms with E-state index < -0.39 is 0 Å². The van der Waals surface area contributed by atoms with Crippen molar-refractivity contribution in [1.29, 1.82) is 0 Å². The zero-order valence-corrected chi connectivity index (χ0v) is 13.3. The molecular formula is C22H13NO2. The molecule has 0 N–H and O–H groups in total. The van der Waals surface area contributed by atoms with Crippen molar-refractivity contribution in [2.45, 2.75) is 0 Å². The van der Waals surface area contributed by atoms with E-state index in [1.165, 1.54) is 4.90 Å². The van der Waals surface area contributed by atoms with Crippen molar-refractivity contribution in [3.63, 3.8) is 0 Å². The fourth-order valence-corrected chi connectivity index (χ4v) is 3.49. The van der Waals surface area contributed by atoms with E-state index in [9.17, 15) is 9.59 Å². The third kappa shape index (κ3) is 1.99. The van der Waals surface area contributed by atoms with Crippen molar-refractivity contribution < 1.29 is 9.59 Å². The Kier molecular flexibility index (Phi) is 2.80. The van der Waals surface area contributed by atoms with Gasteiger partial charge in [-0.2, -0.15) is 0 Å². The van der Waals surface area contributed by atoms with Gasteiger partial charge in [-0.3, -0.25) is 9.59 Å². The number of benzene rings is 2. The molecule has 2 amide bonds. The molecule has 0 atom stereocenters. The standard InChI is InChI=1S/C22H13NO2/c24-21-19-12-16-8-4-5-9-17(16)13-20(19)22(25)23(21)18-10-14-6-2-1-3-7-15(14)11-18/h1-13H. The highest BCUT2D eigenvalue weighted by Gasteiger charge is 2.37. The number of carbonyl (C=O) groups excluding carboxylic acids is 2. The average Bonchev–Trinajstić information content (AvgIpc) is 3.03. The Morgan fingerprint density at radius 3 is 1.56 bits per heavy atom. The minimum Gasteiger partial charge on any atom is -0.268 e. The summed E-state index contributed by atoms with van der Waals surface area (Å²) < 4.78 is 0. The van der Waals surface area contributed by atoms with Crippen LogP contribution >= 0.6 is 0 Å². The van der Waals surface area contributed by atoms with Gasteiger partial charge in [-0.15, -0.1) is 0 Å². The maximum atomic E-state index is 12.9. The molecule has 3 aliphatic rings. The smallest absolute Gasteiger partial charge is 0.266 e. The zero-order chi connectivity index (χ0) is 17.0. The van der Waals surface area contributed by atoms with Gasteiger partial charge in [-0.25, -0.2) is 4.90 Å². The number of fused-ring (bicyclic) bond motifs is 3. The average molecular weight is 323 g/mol. The van der Waals surface area contributed by atoms with E-state index in [1.54, 1.807) is 0 Å². The molecule has 1 aliphatic heterocycles. The summed E-state index contributed by atoms with van der Waals surface area (Å²) in [5, 5.41) is 1.92. The molecule has 1 heterocycles. The van der Waals surface area contributed by atoms with Gasteiger partial charge in [0.05, 0.1) is 16.8 Å². The van der Waals surface area contributed by atoms with Gasteiger partial charge in [0.2, 0.25) is 0 Å². The first-order valence-electron chi connectivity index (χ1n) is 8.13. The Labute approximate surface area is 144 Å². The first-order chi connectivity index (χ1) is 12.2. The molecule has 0 saturated carbocycles. The molecule has 118 valence electrons. The molecule has 0 saturated heterocycles. The second-order valence-electron chi connectivity index (χ2n) is 6.23. The number of nitrogens with zero attached hydrogens (tertiary/aromatic N) is 1. The van der Waals surface area contributed by atoms with Crippen LogP contribution in [0.15, 0.2) is 78.9 Å². The van der Waals surface area contributed by atoms with Crippen LogP contribution in [0.25, 0.3) is 21.9 Å². The summed E-state index contributed by atoms with van der Waals surface area (Å²) in [5.74, 6) is -0.518. The van der Waals surface area contributed by atoms with Crippen molar-refractivity contribution in [3.8, 4) is 11.1 Å². The number of hydrogen-bond acceptors (Lipinski definition) is 2. The molecule has 3 nitrogen and oxygen atoms in total. The maximum absolute atomic E-state index is 12.9. The molecule has 2 aromatic rings. The Hall–Kier alpha value is -3.46. The number of hydrogen-bond donors (Lipinski definition) is 0. The third-order valence-electron chi connectivity index (χ3n) is 4.72. The first-order valence-corrected chi connectivity index (χ1v) is 8.13. The van der Waals surface area contributed by atoms with Crippen LogP contribution in [0.5, 0.6) is 0 Å². The van der Waals surface area contributed by atoms with Crippen LogP contribution in [-0.2, 0) is 0 Å². The Bertz CT molecular complexity index is 1060. The van der Waals surface area contributed by atoms with Gasteiger partial charge in [0.25, 0.3) is 11.8 Å². The van der Waals surface area contributed by atoms with Crippen molar-refractivity contribution in [2.75, 3.05) is 4.90 Å². The van der Waals surface area contributed by atoms with Gasteiger partial charge in [0, 0.05) is 0 Å². The van der Waals surface area contributed by atoms with Crippen LogP contribution in [0.3, 0.4) is 0 Å². The van der Waals surface area contributed by atoms with Crippen molar-refractivity contribution >= 4 is 28.3 Å². The normalized spacial score (nSPS) is 13.7. The number of amides is 2. The summed E-state index contributed by atoms with van der Waals surface area (Å²) in [6.07, 6.45) is 0. The van der Waals surface area contributed by atoms with Crippen LogP contribution in [0.4, 0.5) is 5.69 Å².